The van der Waals surface area contributed by atoms with Gasteiger partial charge in [0.1, 0.15) is 5.41 Å². The number of primary amides is 1. The van der Waals surface area contributed by atoms with Gasteiger partial charge in [0.25, 0.3) is 0 Å². The molecule has 1 atom stereocenters. The Balaban J connectivity index is 1.55. The van der Waals surface area contributed by atoms with Crippen LogP contribution < -0.4 is 11.1 Å². The van der Waals surface area contributed by atoms with Crippen LogP contribution in [0.1, 0.15) is 69.9 Å². The van der Waals surface area contributed by atoms with Crippen molar-refractivity contribution in [2.75, 3.05) is 26.2 Å². The monoisotopic (exact) mass is 449 g/mol. The summed E-state index contributed by atoms with van der Waals surface area (Å²) in [6.45, 7) is 8.63. The molecule has 0 radical (unpaired) electrons. The molecule has 0 unspecified atom stereocenters. The predicted molar refractivity (Wildman–Crippen MR) is 138 cm³/mol. The van der Waals surface area contributed by atoms with E-state index in [2.05, 4.69) is 48.3 Å². The van der Waals surface area contributed by atoms with Gasteiger partial charge in [0.15, 0.2) is 0 Å². The Labute approximate surface area is 200 Å². The Morgan fingerprint density at radius 3 is 2.03 bits per heavy atom. The van der Waals surface area contributed by atoms with E-state index >= 15 is 0 Å². The summed E-state index contributed by atoms with van der Waals surface area (Å²) in [4.78, 5) is 15.7. The molecule has 33 heavy (non-hydrogen) atoms. The van der Waals surface area contributed by atoms with E-state index in [-0.39, 0.29) is 11.8 Å². The van der Waals surface area contributed by atoms with Crippen LogP contribution in [0.4, 0.5) is 0 Å². The van der Waals surface area contributed by atoms with E-state index in [1.54, 1.807) is 0 Å². The Kier molecular flexibility index (Phi) is 9.95. The van der Waals surface area contributed by atoms with Crippen molar-refractivity contribution < 1.29 is 4.79 Å². The summed E-state index contributed by atoms with van der Waals surface area (Å²) in [5.41, 5.74) is 7.46. The third-order valence-corrected chi connectivity index (χ3v) is 7.19. The van der Waals surface area contributed by atoms with Crippen LogP contribution in [0.2, 0.25) is 0 Å². The van der Waals surface area contributed by atoms with Crippen molar-refractivity contribution in [3.05, 3.63) is 71.8 Å². The Bertz CT molecular complexity index is 782. The maximum Gasteiger partial charge on any atom is 0.232 e. The zero-order chi connectivity index (χ0) is 23.5. The normalized spacial score (nSPS) is 17.0. The zero-order valence-corrected chi connectivity index (χ0v) is 20.6. The highest BCUT2D eigenvalue weighted by molar-refractivity contribution is 5.91. The summed E-state index contributed by atoms with van der Waals surface area (Å²) in [6.07, 6.45) is 8.76. The van der Waals surface area contributed by atoms with E-state index in [0.717, 1.165) is 43.7 Å². The van der Waals surface area contributed by atoms with Gasteiger partial charge in [-0.3, -0.25) is 4.79 Å². The molecule has 1 amide bonds. The number of rotatable bonds is 14. The highest BCUT2D eigenvalue weighted by atomic mass is 16.1. The minimum atomic E-state index is -0.776. The molecule has 1 aliphatic rings. The molecule has 0 aliphatic carbocycles. The molecule has 3 rings (SSSR count). The first-order valence-electron chi connectivity index (χ1n) is 12.9. The van der Waals surface area contributed by atoms with E-state index in [1.807, 2.05) is 36.4 Å². The third kappa shape index (κ3) is 6.68. The van der Waals surface area contributed by atoms with Crippen LogP contribution >= 0.6 is 0 Å². The van der Waals surface area contributed by atoms with E-state index in [4.69, 9.17) is 5.73 Å². The van der Waals surface area contributed by atoms with E-state index in [1.165, 1.54) is 38.5 Å². The molecule has 1 heterocycles. The van der Waals surface area contributed by atoms with Crippen LogP contribution in [-0.2, 0) is 10.2 Å². The standard InChI is InChI=1S/C29H43N3O/c1-24(2)31-20-13-5-3-4-6-14-21-32-22-19-27(23-32)29(28(30)33,25-15-9-7-10-16-25)26-17-11-8-12-18-26/h7-12,15-18,24,27,31H,3-6,13-14,19-23H2,1-2H3,(H2,30,33)/t27-/m1/s1. The highest BCUT2D eigenvalue weighted by Crippen LogP contribution is 2.43. The molecular formula is C29H43N3O. The number of nitrogens with two attached hydrogens (primary N) is 1. The quantitative estimate of drug-likeness (QED) is 0.394. The molecule has 3 N–H and O–H groups in total. The number of benzene rings is 2. The number of amides is 1. The van der Waals surface area contributed by atoms with E-state index < -0.39 is 5.41 Å². The van der Waals surface area contributed by atoms with E-state index in [9.17, 15) is 4.79 Å². The van der Waals surface area contributed by atoms with Crippen LogP contribution in [0.25, 0.3) is 0 Å². The second-order valence-corrected chi connectivity index (χ2v) is 9.92. The fraction of sp³-hybridized carbons (Fsp3) is 0.552. The van der Waals surface area contributed by atoms with Crippen molar-refractivity contribution in [1.29, 1.82) is 0 Å². The van der Waals surface area contributed by atoms with Crippen LogP contribution in [0.5, 0.6) is 0 Å². The van der Waals surface area contributed by atoms with Gasteiger partial charge < -0.3 is 16.0 Å². The number of nitrogens with zero attached hydrogens (tertiary/aromatic N) is 1. The molecule has 0 bridgehead atoms. The molecule has 0 aromatic heterocycles. The molecule has 1 aliphatic heterocycles. The predicted octanol–water partition coefficient (Wildman–Crippen LogP) is 5.12. The lowest BCUT2D eigenvalue weighted by molar-refractivity contribution is -0.123. The van der Waals surface area contributed by atoms with Crippen LogP contribution in [0.15, 0.2) is 60.7 Å². The molecule has 180 valence electrons. The Morgan fingerprint density at radius 2 is 1.48 bits per heavy atom. The molecule has 2 aromatic carbocycles. The highest BCUT2D eigenvalue weighted by Gasteiger charge is 2.49. The minimum Gasteiger partial charge on any atom is -0.369 e. The first-order chi connectivity index (χ1) is 16.0. The largest absolute Gasteiger partial charge is 0.369 e. The minimum absolute atomic E-state index is 0.188. The van der Waals surface area contributed by atoms with Gasteiger partial charge in [-0.25, -0.2) is 0 Å². The summed E-state index contributed by atoms with van der Waals surface area (Å²) in [7, 11) is 0. The third-order valence-electron chi connectivity index (χ3n) is 7.19. The van der Waals surface area contributed by atoms with Crippen molar-refractivity contribution in [2.24, 2.45) is 11.7 Å². The average molecular weight is 450 g/mol. The molecule has 1 saturated heterocycles. The van der Waals surface area contributed by atoms with Gasteiger partial charge in [-0.1, -0.05) is 100 Å². The summed E-state index contributed by atoms with van der Waals surface area (Å²) < 4.78 is 0. The lowest BCUT2D eigenvalue weighted by atomic mass is 9.64. The van der Waals surface area contributed by atoms with Crippen molar-refractivity contribution in [3.8, 4) is 0 Å². The van der Waals surface area contributed by atoms with Gasteiger partial charge in [-0.15, -0.1) is 0 Å². The number of unbranched alkanes of at least 4 members (excludes halogenated alkanes) is 5. The van der Waals surface area contributed by atoms with Crippen LogP contribution in [0, 0.1) is 5.92 Å². The molecule has 1 fully saturated rings. The molecule has 4 heteroatoms. The van der Waals surface area contributed by atoms with Gasteiger partial charge in [-0.2, -0.15) is 0 Å². The zero-order valence-electron chi connectivity index (χ0n) is 20.6. The summed E-state index contributed by atoms with van der Waals surface area (Å²) in [5.74, 6) is -0.0491. The SMILES string of the molecule is CC(C)NCCCCCCCCN1CC[C@@H](C(C(N)=O)(c2ccccc2)c2ccccc2)C1. The Morgan fingerprint density at radius 1 is 0.939 bits per heavy atom. The number of hydrogen-bond acceptors (Lipinski definition) is 3. The number of carbonyl (C=O) groups excluding carboxylic acids is 1. The maximum absolute atomic E-state index is 13.2. The smallest absolute Gasteiger partial charge is 0.232 e. The topological polar surface area (TPSA) is 58.4 Å². The lowest BCUT2D eigenvalue weighted by Crippen LogP contribution is -2.49. The molecule has 4 nitrogen and oxygen atoms in total. The lowest BCUT2D eigenvalue weighted by Gasteiger charge is -2.37. The van der Waals surface area contributed by atoms with Crippen molar-refractivity contribution in [3.63, 3.8) is 0 Å². The van der Waals surface area contributed by atoms with Gasteiger partial charge in [0.2, 0.25) is 5.91 Å². The number of likely N-dealkylation sites (tertiary alicyclic amines) is 1. The van der Waals surface area contributed by atoms with E-state index in [0.29, 0.717) is 6.04 Å². The molecule has 0 saturated carbocycles. The molecule has 0 spiro atoms. The molecular weight excluding hydrogens is 406 g/mol. The number of hydrogen-bond donors (Lipinski definition) is 2. The maximum atomic E-state index is 13.2. The second-order valence-electron chi connectivity index (χ2n) is 9.92. The fourth-order valence-electron chi connectivity index (χ4n) is 5.47. The van der Waals surface area contributed by atoms with Crippen LogP contribution in [0.3, 0.4) is 0 Å². The first kappa shape index (κ1) is 25.5. The Hall–Kier alpha value is -2.17. The fourth-order valence-corrected chi connectivity index (χ4v) is 5.47. The summed E-state index contributed by atoms with van der Waals surface area (Å²) in [5, 5.41) is 3.49. The summed E-state index contributed by atoms with van der Waals surface area (Å²) >= 11 is 0. The average Bonchev–Trinajstić information content (AvgIpc) is 3.28. The van der Waals surface area contributed by atoms with Gasteiger partial charge in [-0.05, 0) is 55.9 Å². The van der Waals surface area contributed by atoms with Crippen molar-refractivity contribution >= 4 is 5.91 Å². The second kappa shape index (κ2) is 12.9. The molecule has 2 aromatic rings. The van der Waals surface area contributed by atoms with Crippen LogP contribution in [-0.4, -0.2) is 43.0 Å². The first-order valence-corrected chi connectivity index (χ1v) is 12.9. The van der Waals surface area contributed by atoms with Gasteiger partial charge in [0.05, 0.1) is 0 Å². The van der Waals surface area contributed by atoms with Crippen molar-refractivity contribution in [2.45, 2.75) is 70.3 Å². The van der Waals surface area contributed by atoms with Crippen molar-refractivity contribution in [1.82, 2.24) is 10.2 Å². The summed E-state index contributed by atoms with van der Waals surface area (Å²) in [6, 6.07) is 20.9. The number of carbonyl (C=O) groups is 1. The number of nitrogens with one attached hydrogen (secondary N) is 1. The van der Waals surface area contributed by atoms with Gasteiger partial charge in [0, 0.05) is 12.6 Å². The van der Waals surface area contributed by atoms with Gasteiger partial charge >= 0.3 is 0 Å².